The number of nitrogens with one attached hydrogen (secondary N) is 1. The zero-order valence-electron chi connectivity index (χ0n) is 12.3. The van der Waals surface area contributed by atoms with Crippen LogP contribution in [0.3, 0.4) is 0 Å². The summed E-state index contributed by atoms with van der Waals surface area (Å²) in [7, 11) is 5.06. The molecule has 0 aliphatic carbocycles. The lowest BCUT2D eigenvalue weighted by molar-refractivity contribution is -0.145. The lowest BCUT2D eigenvalue weighted by Crippen LogP contribution is -2.33. The summed E-state index contributed by atoms with van der Waals surface area (Å²) in [5.41, 5.74) is 1.17. The van der Waals surface area contributed by atoms with Crippen molar-refractivity contribution < 1.29 is 14.3 Å². The minimum absolute atomic E-state index is 0.136. The Labute approximate surface area is 119 Å². The summed E-state index contributed by atoms with van der Waals surface area (Å²) in [4.78, 5) is 13.7. The topological polar surface area (TPSA) is 50.8 Å². The molecule has 0 unspecified atom stereocenters. The highest BCUT2D eigenvalue weighted by atomic mass is 16.5. The summed E-state index contributed by atoms with van der Waals surface area (Å²) in [5.74, 6) is 0.707. The number of rotatable bonds is 5. The van der Waals surface area contributed by atoms with E-state index in [1.54, 1.807) is 7.11 Å². The van der Waals surface area contributed by atoms with Crippen molar-refractivity contribution in [2.45, 2.75) is 25.0 Å². The molecule has 0 amide bonds. The number of likely N-dealkylation sites (N-methyl/N-ethyl adjacent to an activating group) is 1. The fourth-order valence-electron chi connectivity index (χ4n) is 2.60. The maximum atomic E-state index is 11.6. The molecule has 0 radical (unpaired) electrons. The van der Waals surface area contributed by atoms with E-state index in [1.807, 2.05) is 30.1 Å². The van der Waals surface area contributed by atoms with Gasteiger partial charge in [-0.2, -0.15) is 0 Å². The average Bonchev–Trinajstić information content (AvgIpc) is 2.85. The van der Waals surface area contributed by atoms with Crippen molar-refractivity contribution in [3.8, 4) is 5.75 Å². The van der Waals surface area contributed by atoms with Crippen molar-refractivity contribution in [2.24, 2.45) is 0 Å². The molecule has 5 nitrogen and oxygen atoms in total. The molecule has 110 valence electrons. The van der Waals surface area contributed by atoms with Crippen LogP contribution in [0.1, 0.15) is 12.0 Å². The molecule has 1 N–H and O–H groups in total. The highest BCUT2D eigenvalue weighted by Crippen LogP contribution is 2.18. The van der Waals surface area contributed by atoms with Gasteiger partial charge in [-0.1, -0.05) is 12.1 Å². The molecular formula is C15H22N2O3. The van der Waals surface area contributed by atoms with Gasteiger partial charge in [0.25, 0.3) is 0 Å². The van der Waals surface area contributed by atoms with Crippen molar-refractivity contribution in [1.82, 2.24) is 10.2 Å². The Morgan fingerprint density at radius 1 is 1.45 bits per heavy atom. The molecule has 1 aliphatic rings. The second kappa shape index (κ2) is 6.72. The summed E-state index contributed by atoms with van der Waals surface area (Å²) >= 11 is 0. The van der Waals surface area contributed by atoms with Gasteiger partial charge in [-0.3, -0.25) is 9.69 Å². The summed E-state index contributed by atoms with van der Waals surface area (Å²) in [6, 6.07) is 8.15. The van der Waals surface area contributed by atoms with Crippen molar-refractivity contribution in [1.29, 1.82) is 0 Å². The number of carbonyl (C=O) groups excluding carboxylic acids is 1. The van der Waals surface area contributed by atoms with Crippen LogP contribution < -0.4 is 10.1 Å². The molecular weight excluding hydrogens is 256 g/mol. The van der Waals surface area contributed by atoms with Gasteiger partial charge in [0.2, 0.25) is 0 Å². The van der Waals surface area contributed by atoms with E-state index in [4.69, 9.17) is 9.47 Å². The number of benzene rings is 1. The minimum Gasteiger partial charge on any atom is -0.497 e. The zero-order chi connectivity index (χ0) is 14.5. The molecule has 2 atom stereocenters. The van der Waals surface area contributed by atoms with Crippen LogP contribution >= 0.6 is 0 Å². The Bertz CT molecular complexity index is 464. The van der Waals surface area contributed by atoms with E-state index in [1.165, 1.54) is 12.7 Å². The van der Waals surface area contributed by atoms with Gasteiger partial charge in [-0.15, -0.1) is 0 Å². The van der Waals surface area contributed by atoms with Crippen LogP contribution in [0.15, 0.2) is 24.3 Å². The lowest BCUT2D eigenvalue weighted by Gasteiger charge is -2.15. The standard InChI is InChI=1S/C15H22N2O3/c1-17-10-12(8-14(17)15(18)20-3)16-9-11-5-4-6-13(7-11)19-2/h4-7,12,14,16H,8-10H2,1-3H3/t12-,14+/m1/s1. The molecule has 2 rings (SSSR count). The fourth-order valence-corrected chi connectivity index (χ4v) is 2.60. The van der Waals surface area contributed by atoms with Crippen LogP contribution in [0.2, 0.25) is 0 Å². The van der Waals surface area contributed by atoms with Gasteiger partial charge < -0.3 is 14.8 Å². The number of hydrogen-bond donors (Lipinski definition) is 1. The molecule has 1 heterocycles. The van der Waals surface area contributed by atoms with Crippen molar-refractivity contribution >= 4 is 5.97 Å². The molecule has 1 aliphatic heterocycles. The number of likely N-dealkylation sites (tertiary alicyclic amines) is 1. The van der Waals surface area contributed by atoms with E-state index < -0.39 is 0 Å². The molecule has 1 aromatic rings. The Morgan fingerprint density at radius 2 is 2.25 bits per heavy atom. The maximum absolute atomic E-state index is 11.6. The van der Waals surface area contributed by atoms with Crippen LogP contribution in [0.25, 0.3) is 0 Å². The predicted molar refractivity (Wildman–Crippen MR) is 76.7 cm³/mol. The molecule has 1 fully saturated rings. The highest BCUT2D eigenvalue weighted by molar-refractivity contribution is 5.76. The molecule has 5 heteroatoms. The van der Waals surface area contributed by atoms with Crippen LogP contribution in [0, 0.1) is 0 Å². The Morgan fingerprint density at radius 3 is 2.95 bits per heavy atom. The van der Waals surface area contributed by atoms with Gasteiger partial charge in [0.15, 0.2) is 0 Å². The third kappa shape index (κ3) is 3.49. The molecule has 1 aromatic carbocycles. The van der Waals surface area contributed by atoms with Crippen LogP contribution in [0.4, 0.5) is 0 Å². The number of ether oxygens (including phenoxy) is 2. The third-order valence-electron chi connectivity index (χ3n) is 3.75. The van der Waals surface area contributed by atoms with E-state index in [0.29, 0.717) is 6.04 Å². The van der Waals surface area contributed by atoms with Crippen LogP contribution in [0.5, 0.6) is 5.75 Å². The van der Waals surface area contributed by atoms with Crippen molar-refractivity contribution in [2.75, 3.05) is 27.8 Å². The largest absolute Gasteiger partial charge is 0.497 e. The first-order chi connectivity index (χ1) is 9.63. The van der Waals surface area contributed by atoms with E-state index in [2.05, 4.69) is 11.4 Å². The second-order valence-electron chi connectivity index (χ2n) is 5.14. The monoisotopic (exact) mass is 278 g/mol. The summed E-state index contributed by atoms with van der Waals surface area (Å²) in [5, 5.41) is 3.48. The first-order valence-electron chi connectivity index (χ1n) is 6.78. The lowest BCUT2D eigenvalue weighted by atomic mass is 10.1. The average molecular weight is 278 g/mol. The smallest absolute Gasteiger partial charge is 0.323 e. The normalized spacial score (nSPS) is 22.8. The number of esters is 1. The Kier molecular flexibility index (Phi) is 4.98. The van der Waals surface area contributed by atoms with Crippen LogP contribution in [-0.2, 0) is 16.1 Å². The van der Waals surface area contributed by atoms with Gasteiger partial charge in [-0.25, -0.2) is 0 Å². The van der Waals surface area contributed by atoms with E-state index in [-0.39, 0.29) is 12.0 Å². The van der Waals surface area contributed by atoms with Gasteiger partial charge in [0.1, 0.15) is 11.8 Å². The van der Waals surface area contributed by atoms with Gasteiger partial charge in [0.05, 0.1) is 14.2 Å². The van der Waals surface area contributed by atoms with Gasteiger partial charge >= 0.3 is 5.97 Å². The van der Waals surface area contributed by atoms with E-state index in [0.717, 1.165) is 25.3 Å². The second-order valence-corrected chi connectivity index (χ2v) is 5.14. The Hall–Kier alpha value is -1.59. The third-order valence-corrected chi connectivity index (χ3v) is 3.75. The number of methoxy groups -OCH3 is 2. The molecule has 0 bridgehead atoms. The first-order valence-corrected chi connectivity index (χ1v) is 6.78. The molecule has 0 spiro atoms. The Balaban J connectivity index is 1.87. The van der Waals surface area contributed by atoms with Crippen molar-refractivity contribution in [3.05, 3.63) is 29.8 Å². The first kappa shape index (κ1) is 14.8. The van der Waals surface area contributed by atoms with E-state index in [9.17, 15) is 4.79 Å². The van der Waals surface area contributed by atoms with Gasteiger partial charge in [0, 0.05) is 19.1 Å². The van der Waals surface area contributed by atoms with Crippen LogP contribution in [-0.4, -0.2) is 50.8 Å². The predicted octanol–water partition coefficient (Wildman–Crippen LogP) is 1.03. The number of nitrogens with zero attached hydrogens (tertiary/aromatic N) is 1. The molecule has 1 saturated heterocycles. The van der Waals surface area contributed by atoms with Crippen molar-refractivity contribution in [3.63, 3.8) is 0 Å². The fraction of sp³-hybridized carbons (Fsp3) is 0.533. The van der Waals surface area contributed by atoms with E-state index >= 15 is 0 Å². The maximum Gasteiger partial charge on any atom is 0.323 e. The molecule has 20 heavy (non-hydrogen) atoms. The zero-order valence-corrected chi connectivity index (χ0v) is 12.3. The van der Waals surface area contributed by atoms with Gasteiger partial charge in [-0.05, 0) is 31.2 Å². The molecule has 0 saturated carbocycles. The minimum atomic E-state index is -0.154. The summed E-state index contributed by atoms with van der Waals surface area (Å²) in [6.07, 6.45) is 0.785. The SMILES string of the molecule is COC(=O)[C@@H]1C[C@@H](NCc2cccc(OC)c2)CN1C. The quantitative estimate of drug-likeness (QED) is 0.815. The number of carbonyl (C=O) groups is 1. The summed E-state index contributed by atoms with van der Waals surface area (Å²) in [6.45, 7) is 1.62. The molecule has 0 aromatic heterocycles. The summed E-state index contributed by atoms with van der Waals surface area (Å²) < 4.78 is 10.0. The highest BCUT2D eigenvalue weighted by Gasteiger charge is 2.34. The number of hydrogen-bond acceptors (Lipinski definition) is 5.